The van der Waals surface area contributed by atoms with Gasteiger partial charge < -0.3 is 14.2 Å². The van der Waals surface area contributed by atoms with Crippen molar-refractivity contribution < 1.29 is 14.2 Å². The number of hydrogen-bond donors (Lipinski definition) is 0. The minimum Gasteiger partial charge on any atom is -0.489 e. The van der Waals surface area contributed by atoms with Crippen molar-refractivity contribution in [2.75, 3.05) is 13.2 Å². The first-order valence-corrected chi connectivity index (χ1v) is 9.29. The van der Waals surface area contributed by atoms with Crippen LogP contribution in [0.1, 0.15) is 45.1 Å². The molecule has 0 N–H and O–H groups in total. The second-order valence-electron chi connectivity index (χ2n) is 6.31. The topological polar surface area (TPSA) is 27.7 Å². The second-order valence-corrected chi connectivity index (χ2v) is 6.31. The monoisotopic (exact) mass is 342 g/mol. The van der Waals surface area contributed by atoms with Gasteiger partial charge in [0.05, 0.1) is 6.61 Å². The summed E-state index contributed by atoms with van der Waals surface area (Å²) in [5.41, 5.74) is 1.16. The Morgan fingerprint density at radius 1 is 0.840 bits per heavy atom. The summed E-state index contributed by atoms with van der Waals surface area (Å²) in [5.74, 6) is 1.69. The maximum absolute atomic E-state index is 5.88. The molecule has 136 valence electrons. The van der Waals surface area contributed by atoms with Crippen LogP contribution in [-0.2, 0) is 11.3 Å². The Morgan fingerprint density at radius 3 is 2.28 bits per heavy atom. The van der Waals surface area contributed by atoms with E-state index in [2.05, 4.69) is 19.1 Å². The van der Waals surface area contributed by atoms with Gasteiger partial charge in [0.15, 0.2) is 0 Å². The van der Waals surface area contributed by atoms with Gasteiger partial charge in [0.1, 0.15) is 24.2 Å². The highest BCUT2D eigenvalue weighted by atomic mass is 16.5. The molecular weight excluding hydrogens is 312 g/mol. The quantitative estimate of drug-likeness (QED) is 0.468. The van der Waals surface area contributed by atoms with Gasteiger partial charge in [-0.15, -0.1) is 0 Å². The normalized spacial score (nSPS) is 11.9. The molecule has 0 saturated heterocycles. The molecule has 3 heteroatoms. The van der Waals surface area contributed by atoms with Crippen LogP contribution in [-0.4, -0.2) is 19.3 Å². The Labute approximate surface area is 151 Å². The number of hydrogen-bond acceptors (Lipinski definition) is 3. The molecule has 0 heterocycles. The zero-order valence-corrected chi connectivity index (χ0v) is 15.4. The third-order valence-electron chi connectivity index (χ3n) is 3.90. The Balaban J connectivity index is 1.65. The van der Waals surface area contributed by atoms with Gasteiger partial charge in [-0.25, -0.2) is 0 Å². The first-order chi connectivity index (χ1) is 12.3. The van der Waals surface area contributed by atoms with E-state index in [1.54, 1.807) is 0 Å². The SMILES string of the molecule is CCCCCCOC[C@@H](C)Oc1ccc(OCc2ccccc2)cc1. The zero-order chi connectivity index (χ0) is 17.7. The number of rotatable bonds is 12. The molecular formula is C22H30O3. The molecule has 0 fully saturated rings. The van der Waals surface area contributed by atoms with E-state index in [0.717, 1.165) is 30.1 Å². The van der Waals surface area contributed by atoms with E-state index < -0.39 is 0 Å². The second kappa shape index (κ2) is 11.5. The number of unbranched alkanes of at least 4 members (excludes halogenated alkanes) is 3. The predicted octanol–water partition coefficient (Wildman–Crippen LogP) is 5.63. The van der Waals surface area contributed by atoms with Gasteiger partial charge in [-0.05, 0) is 43.2 Å². The van der Waals surface area contributed by atoms with E-state index >= 15 is 0 Å². The summed E-state index contributed by atoms with van der Waals surface area (Å²) in [6.07, 6.45) is 4.96. The Bertz CT molecular complexity index is 566. The lowest BCUT2D eigenvalue weighted by molar-refractivity contribution is 0.0566. The lowest BCUT2D eigenvalue weighted by atomic mass is 10.2. The van der Waals surface area contributed by atoms with E-state index in [1.807, 2.05) is 49.4 Å². The molecule has 1 atom stereocenters. The van der Waals surface area contributed by atoms with Crippen LogP contribution in [0.5, 0.6) is 11.5 Å². The van der Waals surface area contributed by atoms with Crippen LogP contribution in [0.2, 0.25) is 0 Å². The molecule has 2 rings (SSSR count). The zero-order valence-electron chi connectivity index (χ0n) is 15.4. The maximum Gasteiger partial charge on any atom is 0.120 e. The molecule has 0 radical (unpaired) electrons. The summed E-state index contributed by atoms with van der Waals surface area (Å²) in [6, 6.07) is 17.9. The predicted molar refractivity (Wildman–Crippen MR) is 102 cm³/mol. The van der Waals surface area contributed by atoms with E-state index in [0.29, 0.717) is 13.2 Å². The summed E-state index contributed by atoms with van der Waals surface area (Å²) in [6.45, 7) is 6.27. The Morgan fingerprint density at radius 2 is 1.56 bits per heavy atom. The number of benzene rings is 2. The molecule has 0 aromatic heterocycles. The van der Waals surface area contributed by atoms with Crippen LogP contribution in [0.25, 0.3) is 0 Å². The fourth-order valence-corrected chi connectivity index (χ4v) is 2.50. The Kier molecular flexibility index (Phi) is 8.92. The molecule has 0 unspecified atom stereocenters. The molecule has 0 spiro atoms. The third-order valence-corrected chi connectivity index (χ3v) is 3.90. The fourth-order valence-electron chi connectivity index (χ4n) is 2.50. The van der Waals surface area contributed by atoms with Gasteiger partial charge in [-0.1, -0.05) is 56.5 Å². The highest BCUT2D eigenvalue weighted by Gasteiger charge is 2.05. The van der Waals surface area contributed by atoms with Crippen molar-refractivity contribution in [3.63, 3.8) is 0 Å². The molecule has 0 amide bonds. The van der Waals surface area contributed by atoms with Crippen molar-refractivity contribution in [3.8, 4) is 11.5 Å². The van der Waals surface area contributed by atoms with Crippen molar-refractivity contribution in [3.05, 3.63) is 60.2 Å². The highest BCUT2D eigenvalue weighted by Crippen LogP contribution is 2.19. The van der Waals surface area contributed by atoms with Gasteiger partial charge in [0.25, 0.3) is 0 Å². The molecule has 2 aromatic carbocycles. The summed E-state index contributed by atoms with van der Waals surface area (Å²) < 4.78 is 17.3. The lowest BCUT2D eigenvalue weighted by Crippen LogP contribution is -2.19. The maximum atomic E-state index is 5.88. The highest BCUT2D eigenvalue weighted by molar-refractivity contribution is 5.31. The molecule has 0 aliphatic rings. The summed E-state index contributed by atoms with van der Waals surface area (Å²) in [4.78, 5) is 0. The molecule has 0 aliphatic heterocycles. The van der Waals surface area contributed by atoms with E-state index in [4.69, 9.17) is 14.2 Å². The van der Waals surface area contributed by atoms with Crippen molar-refractivity contribution in [2.24, 2.45) is 0 Å². The van der Waals surface area contributed by atoms with Gasteiger partial charge >= 0.3 is 0 Å². The van der Waals surface area contributed by atoms with E-state index in [-0.39, 0.29) is 6.10 Å². The summed E-state index contributed by atoms with van der Waals surface area (Å²) in [5, 5.41) is 0. The third kappa shape index (κ3) is 8.08. The van der Waals surface area contributed by atoms with Crippen LogP contribution in [0, 0.1) is 0 Å². The van der Waals surface area contributed by atoms with Gasteiger partial charge in [0, 0.05) is 6.61 Å². The average Bonchev–Trinajstić information content (AvgIpc) is 2.65. The molecule has 3 nitrogen and oxygen atoms in total. The molecule has 0 saturated carbocycles. The van der Waals surface area contributed by atoms with Crippen LogP contribution >= 0.6 is 0 Å². The first kappa shape index (κ1) is 19.3. The standard InChI is InChI=1S/C22H30O3/c1-3-4-5-9-16-23-17-19(2)25-22-14-12-21(13-15-22)24-18-20-10-7-6-8-11-20/h6-8,10-15,19H,3-5,9,16-18H2,1-2H3/t19-/m1/s1. The van der Waals surface area contributed by atoms with Crippen LogP contribution < -0.4 is 9.47 Å². The van der Waals surface area contributed by atoms with Crippen LogP contribution in [0.15, 0.2) is 54.6 Å². The molecule has 0 aliphatic carbocycles. The van der Waals surface area contributed by atoms with Crippen molar-refractivity contribution in [1.29, 1.82) is 0 Å². The summed E-state index contributed by atoms with van der Waals surface area (Å²) >= 11 is 0. The molecule has 2 aromatic rings. The minimum atomic E-state index is 0.0438. The number of ether oxygens (including phenoxy) is 3. The molecule has 25 heavy (non-hydrogen) atoms. The van der Waals surface area contributed by atoms with Gasteiger partial charge in [0.2, 0.25) is 0 Å². The van der Waals surface area contributed by atoms with E-state index in [1.165, 1.54) is 19.3 Å². The van der Waals surface area contributed by atoms with Crippen molar-refractivity contribution in [1.82, 2.24) is 0 Å². The molecule has 0 bridgehead atoms. The van der Waals surface area contributed by atoms with Gasteiger partial charge in [-0.3, -0.25) is 0 Å². The Hall–Kier alpha value is -2.00. The van der Waals surface area contributed by atoms with Gasteiger partial charge in [-0.2, -0.15) is 0 Å². The largest absolute Gasteiger partial charge is 0.489 e. The van der Waals surface area contributed by atoms with Crippen molar-refractivity contribution in [2.45, 2.75) is 52.2 Å². The van der Waals surface area contributed by atoms with Crippen molar-refractivity contribution >= 4 is 0 Å². The van der Waals surface area contributed by atoms with Crippen LogP contribution in [0.4, 0.5) is 0 Å². The summed E-state index contributed by atoms with van der Waals surface area (Å²) in [7, 11) is 0. The average molecular weight is 342 g/mol. The first-order valence-electron chi connectivity index (χ1n) is 9.29. The van der Waals surface area contributed by atoms with Crippen LogP contribution in [0.3, 0.4) is 0 Å². The smallest absolute Gasteiger partial charge is 0.120 e. The fraction of sp³-hybridized carbons (Fsp3) is 0.455. The minimum absolute atomic E-state index is 0.0438. The van der Waals surface area contributed by atoms with E-state index in [9.17, 15) is 0 Å². The lowest BCUT2D eigenvalue weighted by Gasteiger charge is -2.15.